The van der Waals surface area contributed by atoms with Crippen LogP contribution in [0.5, 0.6) is 0 Å². The summed E-state index contributed by atoms with van der Waals surface area (Å²) in [6, 6.07) is 4.50. The Labute approximate surface area is 108 Å². The predicted molar refractivity (Wildman–Crippen MR) is 63.4 cm³/mol. The smallest absolute Gasteiger partial charge is 0.291 e. The van der Waals surface area contributed by atoms with Crippen molar-refractivity contribution in [3.05, 3.63) is 47.0 Å². The van der Waals surface area contributed by atoms with Crippen molar-refractivity contribution in [1.29, 1.82) is 0 Å². The number of amides is 1. The second-order valence-corrected chi connectivity index (χ2v) is 4.16. The van der Waals surface area contributed by atoms with Gasteiger partial charge in [-0.3, -0.25) is 9.59 Å². The minimum absolute atomic E-state index is 0.0548. The first-order chi connectivity index (χ1) is 8.99. The van der Waals surface area contributed by atoms with Crippen LogP contribution in [0.4, 0.5) is 4.39 Å². The van der Waals surface area contributed by atoms with E-state index in [2.05, 4.69) is 0 Å². The fourth-order valence-electron chi connectivity index (χ4n) is 2.18. The highest BCUT2D eigenvalue weighted by Crippen LogP contribution is 2.37. The Morgan fingerprint density at radius 2 is 2.05 bits per heavy atom. The van der Waals surface area contributed by atoms with Crippen molar-refractivity contribution in [3.63, 3.8) is 0 Å². The van der Waals surface area contributed by atoms with Gasteiger partial charge in [0.15, 0.2) is 11.5 Å². The number of Topliss-reactive ketones (excluding diaryl/α,β-unsaturated/α-hetero) is 1. The van der Waals surface area contributed by atoms with Crippen LogP contribution in [0.15, 0.2) is 35.6 Å². The zero-order valence-electron chi connectivity index (χ0n) is 10.1. The van der Waals surface area contributed by atoms with E-state index in [0.717, 1.165) is 4.90 Å². The fraction of sp³-hybridized carbons (Fsp3) is 0.231. The van der Waals surface area contributed by atoms with Gasteiger partial charge in [0.2, 0.25) is 0 Å². The highest BCUT2D eigenvalue weighted by molar-refractivity contribution is 6.08. The molecular formula is C13H12FNO4. The SMILES string of the molecule is CC(=O)C1=C(O)C(=O)N(CO)[C@H]1c1ccccc1F. The summed E-state index contributed by atoms with van der Waals surface area (Å²) in [5.41, 5.74) is -0.150. The Kier molecular flexibility index (Phi) is 3.35. The van der Waals surface area contributed by atoms with E-state index in [1.807, 2.05) is 0 Å². The van der Waals surface area contributed by atoms with Gasteiger partial charge in [-0.15, -0.1) is 0 Å². The van der Waals surface area contributed by atoms with Crippen molar-refractivity contribution in [2.75, 3.05) is 6.73 Å². The third kappa shape index (κ3) is 2.00. The van der Waals surface area contributed by atoms with Crippen LogP contribution in [-0.4, -0.2) is 33.5 Å². The maximum absolute atomic E-state index is 13.8. The van der Waals surface area contributed by atoms with E-state index in [0.29, 0.717) is 0 Å². The van der Waals surface area contributed by atoms with E-state index < -0.39 is 36.0 Å². The molecule has 0 bridgehead atoms. The van der Waals surface area contributed by atoms with Crippen molar-refractivity contribution < 1.29 is 24.2 Å². The second kappa shape index (κ2) is 4.81. The van der Waals surface area contributed by atoms with Gasteiger partial charge in [-0.05, 0) is 13.0 Å². The lowest BCUT2D eigenvalue weighted by Crippen LogP contribution is -2.32. The van der Waals surface area contributed by atoms with Crippen LogP contribution in [0, 0.1) is 5.82 Å². The van der Waals surface area contributed by atoms with Gasteiger partial charge in [-0.1, -0.05) is 18.2 Å². The lowest BCUT2D eigenvalue weighted by Gasteiger charge is -2.24. The summed E-state index contributed by atoms with van der Waals surface area (Å²) in [6.07, 6.45) is 0. The maximum Gasteiger partial charge on any atom is 0.291 e. The molecule has 1 heterocycles. The lowest BCUT2D eigenvalue weighted by molar-refractivity contribution is -0.133. The average molecular weight is 265 g/mol. The number of carbonyl (C=O) groups excluding carboxylic acids is 2. The number of halogens is 1. The summed E-state index contributed by atoms with van der Waals surface area (Å²) in [5.74, 6) is -2.79. The average Bonchev–Trinajstić information content (AvgIpc) is 2.62. The Morgan fingerprint density at radius 1 is 1.42 bits per heavy atom. The first-order valence-electron chi connectivity index (χ1n) is 5.59. The number of benzene rings is 1. The summed E-state index contributed by atoms with van der Waals surface area (Å²) >= 11 is 0. The molecule has 1 aromatic carbocycles. The molecule has 0 spiro atoms. The molecule has 0 radical (unpaired) electrons. The summed E-state index contributed by atoms with van der Waals surface area (Å²) in [7, 11) is 0. The molecule has 1 atom stereocenters. The Morgan fingerprint density at radius 3 is 2.58 bits per heavy atom. The standard InChI is InChI=1S/C13H12FNO4/c1-7(17)10-11(8-4-2-3-5-9(8)14)15(6-16)13(19)12(10)18/h2-5,11,16,18H,6H2,1H3/t11-/m0/s1. The summed E-state index contributed by atoms with van der Waals surface area (Å²) in [6.45, 7) is 0.451. The number of nitrogens with zero attached hydrogens (tertiary/aromatic N) is 1. The second-order valence-electron chi connectivity index (χ2n) is 4.16. The molecule has 0 unspecified atom stereocenters. The molecule has 6 heteroatoms. The minimum Gasteiger partial charge on any atom is -0.503 e. The predicted octanol–water partition coefficient (Wildman–Crippen LogP) is 1.06. The molecule has 5 nitrogen and oxygen atoms in total. The van der Waals surface area contributed by atoms with E-state index in [1.54, 1.807) is 6.07 Å². The molecule has 0 aromatic heterocycles. The number of ketones is 1. The van der Waals surface area contributed by atoms with E-state index in [1.165, 1.54) is 25.1 Å². The van der Waals surface area contributed by atoms with Crippen LogP contribution in [0.25, 0.3) is 0 Å². The number of rotatable bonds is 3. The molecule has 0 fully saturated rings. The van der Waals surface area contributed by atoms with E-state index in [9.17, 15) is 24.2 Å². The maximum atomic E-state index is 13.8. The first kappa shape index (κ1) is 13.2. The number of carbonyl (C=O) groups is 2. The first-order valence-corrected chi connectivity index (χ1v) is 5.59. The zero-order chi connectivity index (χ0) is 14.2. The minimum atomic E-state index is -1.10. The fourth-order valence-corrected chi connectivity index (χ4v) is 2.18. The van der Waals surface area contributed by atoms with Crippen LogP contribution in [-0.2, 0) is 9.59 Å². The molecule has 1 amide bonds. The monoisotopic (exact) mass is 265 g/mol. The molecule has 19 heavy (non-hydrogen) atoms. The lowest BCUT2D eigenvalue weighted by atomic mass is 9.96. The highest BCUT2D eigenvalue weighted by Gasteiger charge is 2.42. The molecule has 0 aliphatic carbocycles. The molecule has 2 N–H and O–H groups in total. The van der Waals surface area contributed by atoms with Crippen LogP contribution in [0.2, 0.25) is 0 Å². The molecule has 2 rings (SSSR count). The van der Waals surface area contributed by atoms with E-state index in [4.69, 9.17) is 0 Å². The van der Waals surface area contributed by atoms with Gasteiger partial charge in [-0.25, -0.2) is 4.39 Å². The number of hydrogen-bond donors (Lipinski definition) is 2. The largest absolute Gasteiger partial charge is 0.503 e. The zero-order valence-corrected chi connectivity index (χ0v) is 10.1. The van der Waals surface area contributed by atoms with Gasteiger partial charge < -0.3 is 15.1 Å². The Bertz CT molecular complexity index is 582. The van der Waals surface area contributed by atoms with Crippen LogP contribution >= 0.6 is 0 Å². The van der Waals surface area contributed by atoms with Gasteiger partial charge in [-0.2, -0.15) is 0 Å². The van der Waals surface area contributed by atoms with Crippen molar-refractivity contribution in [1.82, 2.24) is 4.90 Å². The quantitative estimate of drug-likeness (QED) is 0.856. The summed E-state index contributed by atoms with van der Waals surface area (Å²) in [5, 5.41) is 18.9. The summed E-state index contributed by atoms with van der Waals surface area (Å²) < 4.78 is 13.8. The third-order valence-corrected chi connectivity index (χ3v) is 3.04. The number of aliphatic hydroxyl groups is 2. The molecule has 100 valence electrons. The number of hydrogen-bond acceptors (Lipinski definition) is 4. The normalized spacial score (nSPS) is 19.2. The molecule has 1 aliphatic heterocycles. The summed E-state index contributed by atoms with van der Waals surface area (Å²) in [4.78, 5) is 24.1. The molecular weight excluding hydrogens is 253 g/mol. The topological polar surface area (TPSA) is 77.8 Å². The van der Waals surface area contributed by atoms with Crippen molar-refractivity contribution >= 4 is 11.7 Å². The van der Waals surface area contributed by atoms with E-state index in [-0.39, 0.29) is 11.1 Å². The van der Waals surface area contributed by atoms with Crippen molar-refractivity contribution in [3.8, 4) is 0 Å². The Balaban J connectivity index is 2.61. The van der Waals surface area contributed by atoms with Crippen LogP contribution < -0.4 is 0 Å². The Hall–Kier alpha value is -2.21. The van der Waals surface area contributed by atoms with Gasteiger partial charge in [0.1, 0.15) is 12.5 Å². The van der Waals surface area contributed by atoms with Crippen LogP contribution in [0.1, 0.15) is 18.5 Å². The van der Waals surface area contributed by atoms with Gasteiger partial charge in [0.05, 0.1) is 11.6 Å². The van der Waals surface area contributed by atoms with Crippen LogP contribution in [0.3, 0.4) is 0 Å². The van der Waals surface area contributed by atoms with Gasteiger partial charge in [0, 0.05) is 5.56 Å². The third-order valence-electron chi connectivity index (χ3n) is 3.04. The van der Waals surface area contributed by atoms with Gasteiger partial charge in [0.25, 0.3) is 5.91 Å². The van der Waals surface area contributed by atoms with Crippen molar-refractivity contribution in [2.24, 2.45) is 0 Å². The molecule has 1 aromatic rings. The van der Waals surface area contributed by atoms with Gasteiger partial charge >= 0.3 is 0 Å². The number of aliphatic hydroxyl groups excluding tert-OH is 2. The van der Waals surface area contributed by atoms with E-state index >= 15 is 0 Å². The van der Waals surface area contributed by atoms with Crippen molar-refractivity contribution in [2.45, 2.75) is 13.0 Å². The molecule has 0 saturated carbocycles. The highest BCUT2D eigenvalue weighted by atomic mass is 19.1. The molecule has 0 saturated heterocycles. The molecule has 1 aliphatic rings.